The SMILES string of the molecule is CC(Nc1ccc(C(=O)N2CCOCC2)cn1)c1ccsc1. The summed E-state index contributed by atoms with van der Waals surface area (Å²) in [7, 11) is 0. The van der Waals surface area contributed by atoms with Crippen molar-refractivity contribution in [2.24, 2.45) is 0 Å². The zero-order valence-corrected chi connectivity index (χ0v) is 13.3. The van der Waals surface area contributed by atoms with Crippen LogP contribution in [0.1, 0.15) is 28.9 Å². The lowest BCUT2D eigenvalue weighted by molar-refractivity contribution is 0.0302. The van der Waals surface area contributed by atoms with Crippen LogP contribution in [0.3, 0.4) is 0 Å². The molecular weight excluding hydrogens is 298 g/mol. The molecule has 116 valence electrons. The van der Waals surface area contributed by atoms with Gasteiger partial charge in [0.05, 0.1) is 24.8 Å². The molecule has 1 aliphatic heterocycles. The topological polar surface area (TPSA) is 54.5 Å². The number of hydrogen-bond donors (Lipinski definition) is 1. The molecule has 0 spiro atoms. The Hall–Kier alpha value is -1.92. The van der Waals surface area contributed by atoms with Gasteiger partial charge in [0, 0.05) is 19.3 Å². The van der Waals surface area contributed by atoms with E-state index in [0.717, 1.165) is 5.82 Å². The van der Waals surface area contributed by atoms with Gasteiger partial charge >= 0.3 is 0 Å². The van der Waals surface area contributed by atoms with Gasteiger partial charge in [-0.1, -0.05) is 0 Å². The normalized spacial score (nSPS) is 16.3. The number of amides is 1. The van der Waals surface area contributed by atoms with Crippen LogP contribution in [0.15, 0.2) is 35.2 Å². The summed E-state index contributed by atoms with van der Waals surface area (Å²) in [5.41, 5.74) is 1.86. The van der Waals surface area contributed by atoms with Crippen LogP contribution in [0.4, 0.5) is 5.82 Å². The molecule has 1 N–H and O–H groups in total. The summed E-state index contributed by atoms with van der Waals surface area (Å²) in [6.45, 7) is 4.60. The molecule has 22 heavy (non-hydrogen) atoms. The molecule has 1 fully saturated rings. The minimum absolute atomic E-state index is 0.0215. The van der Waals surface area contributed by atoms with Crippen LogP contribution < -0.4 is 5.32 Å². The van der Waals surface area contributed by atoms with Crippen molar-refractivity contribution in [1.82, 2.24) is 9.88 Å². The maximum atomic E-state index is 12.3. The van der Waals surface area contributed by atoms with Crippen LogP contribution in [-0.2, 0) is 4.74 Å². The van der Waals surface area contributed by atoms with Gasteiger partial charge in [-0.15, -0.1) is 0 Å². The number of hydrogen-bond acceptors (Lipinski definition) is 5. The van der Waals surface area contributed by atoms with Gasteiger partial charge in [0.2, 0.25) is 0 Å². The number of pyridine rings is 1. The Kier molecular flexibility index (Phi) is 4.70. The van der Waals surface area contributed by atoms with E-state index in [1.165, 1.54) is 5.56 Å². The van der Waals surface area contributed by atoms with Crippen molar-refractivity contribution in [3.8, 4) is 0 Å². The maximum absolute atomic E-state index is 12.3. The number of carbonyl (C=O) groups is 1. The average molecular weight is 317 g/mol. The summed E-state index contributed by atoms with van der Waals surface area (Å²) < 4.78 is 5.27. The van der Waals surface area contributed by atoms with Crippen molar-refractivity contribution in [3.63, 3.8) is 0 Å². The first-order valence-corrected chi connectivity index (χ1v) is 8.30. The fraction of sp³-hybridized carbons (Fsp3) is 0.375. The summed E-state index contributed by atoms with van der Waals surface area (Å²) in [4.78, 5) is 18.5. The smallest absolute Gasteiger partial charge is 0.255 e. The molecule has 2 aromatic heterocycles. The van der Waals surface area contributed by atoms with Crippen LogP contribution >= 0.6 is 11.3 Å². The third kappa shape index (κ3) is 3.45. The zero-order chi connectivity index (χ0) is 15.4. The molecule has 0 saturated carbocycles. The Morgan fingerprint density at radius 1 is 1.36 bits per heavy atom. The first kappa shape index (κ1) is 15.0. The first-order chi connectivity index (χ1) is 10.7. The Morgan fingerprint density at radius 2 is 2.18 bits per heavy atom. The quantitative estimate of drug-likeness (QED) is 0.942. The molecule has 1 unspecified atom stereocenters. The molecule has 3 heterocycles. The second kappa shape index (κ2) is 6.89. The average Bonchev–Trinajstić information content (AvgIpc) is 3.10. The molecule has 1 saturated heterocycles. The second-order valence-electron chi connectivity index (χ2n) is 5.26. The summed E-state index contributed by atoms with van der Waals surface area (Å²) in [6.07, 6.45) is 1.64. The number of carbonyl (C=O) groups excluding carboxylic acids is 1. The van der Waals surface area contributed by atoms with Gasteiger partial charge in [0.25, 0.3) is 5.91 Å². The third-order valence-electron chi connectivity index (χ3n) is 3.72. The fourth-order valence-corrected chi connectivity index (χ4v) is 3.14. The molecule has 1 atom stereocenters. The number of thiophene rings is 1. The predicted molar refractivity (Wildman–Crippen MR) is 87.3 cm³/mol. The standard InChI is InChI=1S/C16H19N3O2S/c1-12(14-4-9-22-11-14)18-15-3-2-13(10-17-15)16(20)19-5-7-21-8-6-19/h2-4,9-12H,5-8H2,1H3,(H,17,18). The number of nitrogens with one attached hydrogen (secondary N) is 1. The maximum Gasteiger partial charge on any atom is 0.255 e. The molecule has 2 aromatic rings. The van der Waals surface area contributed by atoms with Gasteiger partial charge in [-0.05, 0) is 41.4 Å². The van der Waals surface area contributed by atoms with Crippen molar-refractivity contribution in [1.29, 1.82) is 0 Å². The van der Waals surface area contributed by atoms with Crippen LogP contribution in [-0.4, -0.2) is 42.1 Å². The van der Waals surface area contributed by atoms with Gasteiger partial charge in [-0.25, -0.2) is 4.98 Å². The number of nitrogens with zero attached hydrogens (tertiary/aromatic N) is 2. The summed E-state index contributed by atoms with van der Waals surface area (Å²) >= 11 is 1.68. The molecule has 6 heteroatoms. The molecule has 1 aliphatic rings. The molecule has 5 nitrogen and oxygen atoms in total. The predicted octanol–water partition coefficient (Wildman–Crippen LogP) is 2.79. The minimum atomic E-state index is 0.0215. The van der Waals surface area contributed by atoms with Gasteiger partial charge in [0.15, 0.2) is 0 Å². The van der Waals surface area contributed by atoms with Crippen LogP contribution in [0.5, 0.6) is 0 Å². The van der Waals surface area contributed by atoms with Crippen LogP contribution in [0, 0.1) is 0 Å². The van der Waals surface area contributed by atoms with Crippen molar-refractivity contribution in [2.75, 3.05) is 31.6 Å². The lowest BCUT2D eigenvalue weighted by atomic mass is 10.2. The molecule has 0 bridgehead atoms. The monoisotopic (exact) mass is 317 g/mol. The van der Waals surface area contributed by atoms with Crippen molar-refractivity contribution < 1.29 is 9.53 Å². The van der Waals surface area contributed by atoms with Crippen LogP contribution in [0.25, 0.3) is 0 Å². The molecule has 1 amide bonds. The Labute approximate surface area is 133 Å². The highest BCUT2D eigenvalue weighted by Crippen LogP contribution is 2.20. The van der Waals surface area contributed by atoms with Gasteiger partial charge < -0.3 is 15.0 Å². The Morgan fingerprint density at radius 3 is 2.82 bits per heavy atom. The second-order valence-corrected chi connectivity index (χ2v) is 6.04. The van der Waals surface area contributed by atoms with E-state index in [-0.39, 0.29) is 11.9 Å². The van der Waals surface area contributed by atoms with E-state index in [1.807, 2.05) is 17.0 Å². The summed E-state index contributed by atoms with van der Waals surface area (Å²) in [5, 5.41) is 7.52. The number of morpholine rings is 1. The van der Waals surface area contributed by atoms with Gasteiger partial charge in [-0.2, -0.15) is 11.3 Å². The lowest BCUT2D eigenvalue weighted by Gasteiger charge is -2.26. The summed E-state index contributed by atoms with van der Waals surface area (Å²) in [5.74, 6) is 0.797. The fourth-order valence-electron chi connectivity index (χ4n) is 2.38. The lowest BCUT2D eigenvalue weighted by Crippen LogP contribution is -2.40. The van der Waals surface area contributed by atoms with E-state index in [2.05, 4.69) is 34.1 Å². The molecule has 3 rings (SSSR count). The van der Waals surface area contributed by atoms with Crippen molar-refractivity contribution in [3.05, 3.63) is 46.3 Å². The third-order valence-corrected chi connectivity index (χ3v) is 4.42. The van der Waals surface area contributed by atoms with Crippen molar-refractivity contribution >= 4 is 23.1 Å². The van der Waals surface area contributed by atoms with E-state index in [1.54, 1.807) is 17.5 Å². The highest BCUT2D eigenvalue weighted by Gasteiger charge is 2.18. The molecule has 0 radical (unpaired) electrons. The van der Waals surface area contributed by atoms with Crippen molar-refractivity contribution in [2.45, 2.75) is 13.0 Å². The number of rotatable bonds is 4. The Bertz CT molecular complexity index is 607. The zero-order valence-electron chi connectivity index (χ0n) is 12.5. The van der Waals surface area contributed by atoms with E-state index in [4.69, 9.17) is 4.74 Å². The molecular formula is C16H19N3O2S. The van der Waals surface area contributed by atoms with Gasteiger partial charge in [0.1, 0.15) is 5.82 Å². The van der Waals surface area contributed by atoms with E-state index in [9.17, 15) is 4.79 Å². The van der Waals surface area contributed by atoms with Crippen LogP contribution in [0.2, 0.25) is 0 Å². The first-order valence-electron chi connectivity index (χ1n) is 7.36. The summed E-state index contributed by atoms with van der Waals surface area (Å²) in [6, 6.07) is 5.97. The minimum Gasteiger partial charge on any atom is -0.378 e. The van der Waals surface area contributed by atoms with E-state index < -0.39 is 0 Å². The number of ether oxygens (including phenoxy) is 1. The number of anilines is 1. The van der Waals surface area contributed by atoms with E-state index >= 15 is 0 Å². The highest BCUT2D eigenvalue weighted by atomic mass is 32.1. The molecule has 0 aromatic carbocycles. The molecule has 0 aliphatic carbocycles. The van der Waals surface area contributed by atoms with Gasteiger partial charge in [-0.3, -0.25) is 4.79 Å². The largest absolute Gasteiger partial charge is 0.378 e. The van der Waals surface area contributed by atoms with E-state index in [0.29, 0.717) is 31.9 Å². The highest BCUT2D eigenvalue weighted by molar-refractivity contribution is 7.07. The Balaban J connectivity index is 1.63. The number of aromatic nitrogens is 1.